The van der Waals surface area contributed by atoms with Gasteiger partial charge in [-0.1, -0.05) is 60.7 Å². The molecule has 0 aromatic heterocycles. The van der Waals surface area contributed by atoms with Crippen molar-refractivity contribution >= 4 is 7.82 Å². The first-order valence-corrected chi connectivity index (χ1v) is 11.2. The molecule has 2 aromatic carbocycles. The van der Waals surface area contributed by atoms with E-state index in [0.717, 1.165) is 12.8 Å². The monoisotopic (exact) mass is 404 g/mol. The molecule has 0 heterocycles. The first-order valence-electron chi connectivity index (χ1n) is 9.68. The van der Waals surface area contributed by atoms with Crippen LogP contribution in [0.5, 0.6) is 0 Å². The van der Waals surface area contributed by atoms with Gasteiger partial charge in [-0.25, -0.2) is 4.57 Å². The molecule has 0 amide bonds. The largest absolute Gasteiger partial charge is 0.472 e. The number of phosphoric acid groups is 1. The minimum absolute atomic E-state index is 0.102. The normalized spacial score (nSPS) is 20.4. The van der Waals surface area contributed by atoms with Crippen LogP contribution in [0.4, 0.5) is 0 Å². The molecule has 6 nitrogen and oxygen atoms in total. The van der Waals surface area contributed by atoms with Crippen LogP contribution in [-0.4, -0.2) is 30.2 Å². The Kier molecular flexibility index (Phi) is 7.05. The SMILES string of the molecule is NCC(N)COP(=O)(O)OC1CCC(c2ccccc2)(c2ccccc2)CC1. The minimum atomic E-state index is -4.15. The molecule has 2 unspecified atom stereocenters. The predicted molar refractivity (Wildman–Crippen MR) is 110 cm³/mol. The molecular formula is C21H29N2O4P. The van der Waals surface area contributed by atoms with Gasteiger partial charge in [0.1, 0.15) is 0 Å². The summed E-state index contributed by atoms with van der Waals surface area (Å²) < 4.78 is 22.6. The van der Waals surface area contributed by atoms with E-state index in [4.69, 9.17) is 20.5 Å². The van der Waals surface area contributed by atoms with E-state index in [1.165, 1.54) is 11.1 Å². The van der Waals surface area contributed by atoms with E-state index in [0.29, 0.717) is 12.8 Å². The van der Waals surface area contributed by atoms with Crippen molar-refractivity contribution in [2.24, 2.45) is 11.5 Å². The van der Waals surface area contributed by atoms with E-state index in [1.807, 2.05) is 12.1 Å². The van der Waals surface area contributed by atoms with Crippen LogP contribution < -0.4 is 11.5 Å². The molecule has 5 N–H and O–H groups in total. The number of phosphoric ester groups is 1. The summed E-state index contributed by atoms with van der Waals surface area (Å²) in [5, 5.41) is 0. The lowest BCUT2D eigenvalue weighted by molar-refractivity contribution is 0.0683. The van der Waals surface area contributed by atoms with E-state index in [2.05, 4.69) is 48.5 Å². The maximum Gasteiger partial charge on any atom is 0.472 e. The van der Waals surface area contributed by atoms with Gasteiger partial charge < -0.3 is 16.4 Å². The molecule has 1 fully saturated rings. The lowest BCUT2D eigenvalue weighted by atomic mass is 9.65. The minimum Gasteiger partial charge on any atom is -0.329 e. The van der Waals surface area contributed by atoms with Crippen LogP contribution in [-0.2, 0) is 19.0 Å². The number of rotatable bonds is 8. The molecule has 0 spiro atoms. The summed E-state index contributed by atoms with van der Waals surface area (Å²) in [5.41, 5.74) is 13.5. The number of hydrogen-bond donors (Lipinski definition) is 3. The fraction of sp³-hybridized carbons (Fsp3) is 0.429. The Labute approximate surface area is 166 Å². The molecule has 0 bridgehead atoms. The van der Waals surface area contributed by atoms with Gasteiger partial charge in [-0.05, 0) is 36.8 Å². The van der Waals surface area contributed by atoms with Crippen molar-refractivity contribution < 1.29 is 18.5 Å². The molecule has 0 aliphatic heterocycles. The van der Waals surface area contributed by atoms with Gasteiger partial charge in [0, 0.05) is 18.0 Å². The van der Waals surface area contributed by atoms with Gasteiger partial charge in [0.2, 0.25) is 0 Å². The Hall–Kier alpha value is -1.53. The molecule has 1 aliphatic rings. The smallest absolute Gasteiger partial charge is 0.329 e. The lowest BCUT2D eigenvalue weighted by Gasteiger charge is -2.41. The van der Waals surface area contributed by atoms with Crippen molar-refractivity contribution in [3.05, 3.63) is 71.8 Å². The average Bonchev–Trinajstić information content (AvgIpc) is 2.74. The second kappa shape index (κ2) is 9.31. The van der Waals surface area contributed by atoms with Crippen molar-refractivity contribution in [1.29, 1.82) is 0 Å². The number of nitrogens with two attached hydrogens (primary N) is 2. The third-order valence-electron chi connectivity index (χ3n) is 5.48. The van der Waals surface area contributed by atoms with Crippen molar-refractivity contribution in [2.45, 2.75) is 43.2 Å². The van der Waals surface area contributed by atoms with Crippen molar-refractivity contribution in [3.8, 4) is 0 Å². The summed E-state index contributed by atoms with van der Waals surface area (Å²) >= 11 is 0. The third-order valence-corrected chi connectivity index (χ3v) is 6.52. The topological polar surface area (TPSA) is 108 Å². The van der Waals surface area contributed by atoms with E-state index in [1.54, 1.807) is 0 Å². The second-order valence-electron chi connectivity index (χ2n) is 7.38. The molecular weight excluding hydrogens is 375 g/mol. The van der Waals surface area contributed by atoms with Gasteiger partial charge in [-0.15, -0.1) is 0 Å². The zero-order chi connectivity index (χ0) is 20.0. The Balaban J connectivity index is 1.71. The van der Waals surface area contributed by atoms with Crippen LogP contribution in [0.3, 0.4) is 0 Å². The summed E-state index contributed by atoms with van der Waals surface area (Å²) in [6.07, 6.45) is 2.66. The fourth-order valence-corrected chi connectivity index (χ4v) is 4.95. The Morgan fingerprint density at radius 2 is 1.54 bits per heavy atom. The fourth-order valence-electron chi connectivity index (χ4n) is 3.92. The van der Waals surface area contributed by atoms with E-state index >= 15 is 0 Å². The van der Waals surface area contributed by atoms with E-state index in [-0.39, 0.29) is 24.7 Å². The third kappa shape index (κ3) is 5.09. The van der Waals surface area contributed by atoms with Crippen molar-refractivity contribution in [1.82, 2.24) is 0 Å². The summed E-state index contributed by atoms with van der Waals surface area (Å²) in [6.45, 7) is 0.0784. The molecule has 7 heteroatoms. The summed E-state index contributed by atoms with van der Waals surface area (Å²) in [7, 11) is -4.15. The van der Waals surface area contributed by atoms with Crippen LogP contribution >= 0.6 is 7.82 Å². The Morgan fingerprint density at radius 1 is 1.04 bits per heavy atom. The predicted octanol–water partition coefficient (Wildman–Crippen LogP) is 3.33. The van der Waals surface area contributed by atoms with Crippen LogP contribution in [0.2, 0.25) is 0 Å². The molecule has 28 heavy (non-hydrogen) atoms. The molecule has 1 aliphatic carbocycles. The highest BCUT2D eigenvalue weighted by molar-refractivity contribution is 7.47. The lowest BCUT2D eigenvalue weighted by Crippen LogP contribution is -2.36. The molecule has 2 atom stereocenters. The summed E-state index contributed by atoms with van der Waals surface area (Å²) in [4.78, 5) is 9.99. The van der Waals surface area contributed by atoms with Gasteiger partial charge in [-0.2, -0.15) is 0 Å². The zero-order valence-corrected chi connectivity index (χ0v) is 16.8. The summed E-state index contributed by atoms with van der Waals surface area (Å²) in [6, 6.07) is 20.4. The zero-order valence-electron chi connectivity index (χ0n) is 15.9. The van der Waals surface area contributed by atoms with Gasteiger partial charge in [0.25, 0.3) is 0 Å². The highest BCUT2D eigenvalue weighted by atomic mass is 31.2. The van der Waals surface area contributed by atoms with Crippen LogP contribution in [0, 0.1) is 0 Å². The van der Waals surface area contributed by atoms with Gasteiger partial charge in [0.05, 0.1) is 12.7 Å². The van der Waals surface area contributed by atoms with Crippen LogP contribution in [0.15, 0.2) is 60.7 Å². The molecule has 152 valence electrons. The highest BCUT2D eigenvalue weighted by Crippen LogP contribution is 2.51. The maximum absolute atomic E-state index is 12.2. The van der Waals surface area contributed by atoms with Crippen molar-refractivity contribution in [2.75, 3.05) is 13.2 Å². The Bertz CT molecular complexity index is 738. The standard InChI is InChI=1S/C21H29N2O4P/c22-15-19(23)16-26-28(24,25)27-20-11-13-21(14-12-20,17-7-3-1-4-8-17)18-9-5-2-6-10-18/h1-10,19-20H,11-16,22-23H2,(H,24,25). The number of benzene rings is 2. The maximum atomic E-state index is 12.2. The van der Waals surface area contributed by atoms with Crippen molar-refractivity contribution in [3.63, 3.8) is 0 Å². The molecule has 3 rings (SSSR count). The molecule has 0 saturated heterocycles. The molecule has 1 saturated carbocycles. The van der Waals surface area contributed by atoms with E-state index in [9.17, 15) is 9.46 Å². The van der Waals surface area contributed by atoms with Crippen LogP contribution in [0.25, 0.3) is 0 Å². The van der Waals surface area contributed by atoms with Gasteiger partial charge in [0.15, 0.2) is 0 Å². The highest BCUT2D eigenvalue weighted by Gasteiger charge is 2.40. The van der Waals surface area contributed by atoms with Gasteiger partial charge in [-0.3, -0.25) is 9.05 Å². The summed E-state index contributed by atoms with van der Waals surface area (Å²) in [5.74, 6) is 0. The second-order valence-corrected chi connectivity index (χ2v) is 8.79. The van der Waals surface area contributed by atoms with Gasteiger partial charge >= 0.3 is 7.82 Å². The van der Waals surface area contributed by atoms with E-state index < -0.39 is 13.9 Å². The first kappa shape index (κ1) is 21.2. The number of hydrogen-bond acceptors (Lipinski definition) is 5. The molecule has 2 aromatic rings. The molecule has 0 radical (unpaired) electrons. The quantitative estimate of drug-likeness (QED) is 0.583. The average molecular weight is 404 g/mol. The van der Waals surface area contributed by atoms with Crippen LogP contribution in [0.1, 0.15) is 36.8 Å². The first-order chi connectivity index (χ1) is 13.5. The Morgan fingerprint density at radius 3 is 2.00 bits per heavy atom.